The summed E-state index contributed by atoms with van der Waals surface area (Å²) in [6.45, 7) is 0.465. The first kappa shape index (κ1) is 35.6. The molecule has 1 aliphatic heterocycles. The fourth-order valence-electron chi connectivity index (χ4n) is 4.86. The summed E-state index contributed by atoms with van der Waals surface area (Å²) in [5.74, 6) is -5.12. The van der Waals surface area contributed by atoms with E-state index >= 15 is 0 Å². The molecule has 6 heterocycles. The quantitative estimate of drug-likeness (QED) is 0.164. The molecule has 0 saturated carbocycles. The van der Waals surface area contributed by atoms with Gasteiger partial charge < -0.3 is 0 Å². The number of aromatic nitrogens is 7. The summed E-state index contributed by atoms with van der Waals surface area (Å²) in [4.78, 5) is 15.6. The average Bonchev–Trinajstić information content (AvgIpc) is 3.89. The number of nitrogens with zero attached hydrogens (tertiary/aromatic N) is 8. The maximum absolute atomic E-state index is 13.2. The van der Waals surface area contributed by atoms with Gasteiger partial charge in [0.05, 0.1) is 53.7 Å². The van der Waals surface area contributed by atoms with E-state index in [0.29, 0.717) is 45.3 Å². The van der Waals surface area contributed by atoms with Gasteiger partial charge in [0.2, 0.25) is 0 Å². The van der Waals surface area contributed by atoms with Crippen LogP contribution in [0.5, 0.6) is 0 Å². The van der Waals surface area contributed by atoms with Crippen LogP contribution in [0.3, 0.4) is 0 Å². The van der Waals surface area contributed by atoms with Crippen LogP contribution in [0, 0.1) is 34.9 Å². The third-order valence-corrected chi connectivity index (χ3v) is 7.77. The smallest absolute Gasteiger partial charge is 0.161 e. The Bertz CT molecular complexity index is 2350. The van der Waals surface area contributed by atoms with Crippen LogP contribution in [0.25, 0.3) is 33.2 Å². The summed E-state index contributed by atoms with van der Waals surface area (Å²) in [5.41, 5.74) is 3.86. The number of aliphatic imine (C=N–C) groups is 1. The van der Waals surface area contributed by atoms with E-state index in [4.69, 9.17) is 0 Å². The van der Waals surface area contributed by atoms with Crippen LogP contribution in [-0.4, -0.2) is 40.7 Å². The normalized spacial score (nSPS) is 11.2. The van der Waals surface area contributed by atoms with Gasteiger partial charge >= 0.3 is 0 Å². The molecule has 0 unspecified atom stereocenters. The number of benzene rings is 3. The van der Waals surface area contributed by atoms with Gasteiger partial charge in [-0.1, -0.05) is 0 Å². The van der Waals surface area contributed by atoms with Crippen molar-refractivity contribution in [3.8, 4) is 11.4 Å². The highest BCUT2D eigenvalue weighted by Crippen LogP contribution is 2.22. The Labute approximate surface area is 299 Å². The summed E-state index contributed by atoms with van der Waals surface area (Å²) in [6.07, 6.45) is 14.5. The Morgan fingerprint density at radius 2 is 0.981 bits per heavy atom. The van der Waals surface area contributed by atoms with Gasteiger partial charge in [0.25, 0.3) is 0 Å². The van der Waals surface area contributed by atoms with E-state index in [2.05, 4.69) is 46.1 Å². The molecule has 0 radical (unpaired) electrons. The van der Waals surface area contributed by atoms with Crippen LogP contribution in [0.4, 0.5) is 26.3 Å². The molecule has 15 heteroatoms. The number of fused-ring (bicyclic) bond motifs is 3. The summed E-state index contributed by atoms with van der Waals surface area (Å²) < 4.78 is 81.6. The van der Waals surface area contributed by atoms with E-state index in [9.17, 15) is 26.3 Å². The molecule has 52 heavy (non-hydrogen) atoms. The molecule has 0 fully saturated rings. The number of pyridine rings is 3. The van der Waals surface area contributed by atoms with Crippen molar-refractivity contribution in [3.05, 3.63) is 173 Å². The molecule has 9 rings (SSSR count). The van der Waals surface area contributed by atoms with Gasteiger partial charge in [-0.05, 0) is 82.2 Å². The summed E-state index contributed by atoms with van der Waals surface area (Å²) in [6, 6.07) is 17.8. The minimum atomic E-state index is -0.886. The van der Waals surface area contributed by atoms with Crippen molar-refractivity contribution < 1.29 is 26.3 Å². The molecule has 0 N–H and O–H groups in total. The van der Waals surface area contributed by atoms with Crippen molar-refractivity contribution in [2.24, 2.45) is 4.99 Å². The maximum atomic E-state index is 13.2. The van der Waals surface area contributed by atoms with Crippen LogP contribution in [0.15, 0.2) is 132 Å². The largest absolute Gasteiger partial charge is 0.288 e. The third-order valence-electron chi connectivity index (χ3n) is 7.30. The zero-order valence-corrected chi connectivity index (χ0v) is 28.1. The first-order valence-electron chi connectivity index (χ1n) is 15.2. The van der Waals surface area contributed by atoms with E-state index in [1.165, 1.54) is 33.9 Å². The first-order chi connectivity index (χ1) is 25.2. The van der Waals surface area contributed by atoms with E-state index in [1.54, 1.807) is 67.7 Å². The number of hydrogen-bond donors (Lipinski definition) is 0. The molecule has 260 valence electrons. The van der Waals surface area contributed by atoms with Crippen molar-refractivity contribution in [2.75, 3.05) is 0 Å². The molecular formula is C37H23BrF6N8. The van der Waals surface area contributed by atoms with Gasteiger partial charge in [0, 0.05) is 63.9 Å². The maximum Gasteiger partial charge on any atom is 0.161 e. The topological polar surface area (TPSA) is 86.7 Å². The van der Waals surface area contributed by atoms with E-state index in [1.807, 2.05) is 12.1 Å². The van der Waals surface area contributed by atoms with E-state index < -0.39 is 34.9 Å². The summed E-state index contributed by atoms with van der Waals surface area (Å²) >= 11 is 3.25. The summed E-state index contributed by atoms with van der Waals surface area (Å²) in [5, 5.41) is 9.28. The lowest BCUT2D eigenvalue weighted by Crippen LogP contribution is -1.96. The third kappa shape index (κ3) is 8.38. The molecule has 0 atom stereocenters. The molecule has 0 spiro atoms. The first-order valence-corrected chi connectivity index (χ1v) is 16.0. The average molecular weight is 774 g/mol. The van der Waals surface area contributed by atoms with Crippen molar-refractivity contribution in [1.29, 1.82) is 0 Å². The van der Waals surface area contributed by atoms with Crippen LogP contribution < -0.4 is 0 Å². The molecule has 5 aromatic heterocycles. The Hall–Kier alpha value is -6.22. The second-order valence-electron chi connectivity index (χ2n) is 10.8. The standard InChI is InChI=1S/2C12H7F2N3.C8H5F2N.C5H4BrN/c2*13-10-4-8-6-16-17(12(8)5-11(10)14)9-2-1-3-15-7-9;9-7-1-5-3-11-4-6(5)2-8(7)10;6-5-2-1-3-7-4-5/h2*1-7H;1-3H,4H2;1-4H. The second kappa shape index (κ2) is 16.2. The lowest BCUT2D eigenvalue weighted by Gasteiger charge is -2.02. The van der Waals surface area contributed by atoms with Crippen molar-refractivity contribution in [3.63, 3.8) is 0 Å². The number of hydrogen-bond acceptors (Lipinski definition) is 6. The Kier molecular flexibility index (Phi) is 11.1. The molecule has 8 aromatic rings. The van der Waals surface area contributed by atoms with Crippen molar-refractivity contribution >= 4 is 44.0 Å². The van der Waals surface area contributed by atoms with Gasteiger partial charge in [-0.2, -0.15) is 10.2 Å². The molecule has 8 nitrogen and oxygen atoms in total. The Morgan fingerprint density at radius 1 is 0.519 bits per heavy atom. The van der Waals surface area contributed by atoms with Crippen LogP contribution >= 0.6 is 15.9 Å². The SMILES string of the molecule is Brc1cccnc1.Fc1cc2c(cc1F)CN=C2.Fc1cc2cnn(-c3cccnc3)c2cc1F.Fc1cc2cnn(-c3cccnc3)c2cc1F. The van der Waals surface area contributed by atoms with Crippen LogP contribution in [0.2, 0.25) is 0 Å². The molecule has 3 aromatic carbocycles. The van der Waals surface area contributed by atoms with Gasteiger partial charge in [-0.3, -0.25) is 19.9 Å². The van der Waals surface area contributed by atoms with Gasteiger partial charge in [0.15, 0.2) is 34.9 Å². The number of halogens is 7. The second-order valence-corrected chi connectivity index (χ2v) is 11.7. The molecule has 0 aliphatic carbocycles. The predicted octanol–water partition coefficient (Wildman–Crippen LogP) is 9.14. The number of rotatable bonds is 2. The highest BCUT2D eigenvalue weighted by molar-refractivity contribution is 9.10. The summed E-state index contributed by atoms with van der Waals surface area (Å²) in [7, 11) is 0. The van der Waals surface area contributed by atoms with Gasteiger partial charge in [0.1, 0.15) is 0 Å². The molecule has 0 amide bonds. The zero-order valence-electron chi connectivity index (χ0n) is 26.6. The minimum absolute atomic E-state index is 0.465. The van der Waals surface area contributed by atoms with E-state index in [-0.39, 0.29) is 0 Å². The van der Waals surface area contributed by atoms with Gasteiger partial charge in [-0.15, -0.1) is 0 Å². The fourth-order valence-corrected chi connectivity index (χ4v) is 5.13. The Morgan fingerprint density at radius 3 is 1.42 bits per heavy atom. The van der Waals surface area contributed by atoms with E-state index in [0.717, 1.165) is 34.3 Å². The lowest BCUT2D eigenvalue weighted by atomic mass is 10.1. The van der Waals surface area contributed by atoms with Crippen LogP contribution in [0.1, 0.15) is 11.1 Å². The lowest BCUT2D eigenvalue weighted by molar-refractivity contribution is 0.507. The Balaban J connectivity index is 0.000000125. The van der Waals surface area contributed by atoms with Crippen LogP contribution in [-0.2, 0) is 6.54 Å². The van der Waals surface area contributed by atoms with Gasteiger partial charge in [-0.25, -0.2) is 35.7 Å². The highest BCUT2D eigenvalue weighted by atomic mass is 79.9. The molecule has 0 saturated heterocycles. The molecular weight excluding hydrogens is 750 g/mol. The minimum Gasteiger partial charge on any atom is -0.288 e. The monoisotopic (exact) mass is 772 g/mol. The highest BCUT2D eigenvalue weighted by Gasteiger charge is 2.12. The van der Waals surface area contributed by atoms with Crippen molar-refractivity contribution in [1.82, 2.24) is 34.5 Å². The zero-order chi connectivity index (χ0) is 36.6. The molecule has 1 aliphatic rings. The predicted molar refractivity (Wildman–Crippen MR) is 187 cm³/mol. The fraction of sp³-hybridized carbons (Fsp3) is 0.0270. The molecule has 0 bridgehead atoms. The van der Waals surface area contributed by atoms with Crippen molar-refractivity contribution in [2.45, 2.75) is 6.54 Å².